The van der Waals surface area contributed by atoms with Crippen LogP contribution < -0.4 is 15.2 Å². The number of nitrogens with one attached hydrogen (secondary N) is 2. The highest BCUT2D eigenvalue weighted by Crippen LogP contribution is 2.34. The summed E-state index contributed by atoms with van der Waals surface area (Å²) in [5.74, 6) is 2.60. The number of benzene rings is 1. The molecule has 0 spiro atoms. The topological polar surface area (TPSA) is 102 Å². The van der Waals surface area contributed by atoms with Gasteiger partial charge < -0.3 is 20.2 Å². The Kier molecular flexibility index (Phi) is 2.32. The van der Waals surface area contributed by atoms with Crippen LogP contribution in [0.5, 0.6) is 11.5 Å². The van der Waals surface area contributed by atoms with Crippen LogP contribution >= 0.6 is 0 Å². The van der Waals surface area contributed by atoms with E-state index in [1.165, 1.54) is 0 Å². The fourth-order valence-electron chi connectivity index (χ4n) is 2.25. The summed E-state index contributed by atoms with van der Waals surface area (Å²) in [6, 6.07) is 5.53. The zero-order chi connectivity index (χ0) is 13.5. The molecule has 0 unspecified atom stereocenters. The molecule has 1 aliphatic heterocycles. The van der Waals surface area contributed by atoms with Gasteiger partial charge in [0, 0.05) is 24.6 Å². The number of rotatable bonds is 1. The van der Waals surface area contributed by atoms with E-state index in [4.69, 9.17) is 15.2 Å². The lowest BCUT2D eigenvalue weighted by atomic mass is 10.3. The van der Waals surface area contributed by atoms with Crippen LogP contribution in [0.25, 0.3) is 22.6 Å². The van der Waals surface area contributed by atoms with Gasteiger partial charge >= 0.3 is 0 Å². The third-order valence-electron chi connectivity index (χ3n) is 3.20. The number of ether oxygens (including phenoxy) is 2. The second-order valence-electron chi connectivity index (χ2n) is 4.66. The monoisotopic (exact) mass is 271 g/mol. The quantitative estimate of drug-likeness (QED) is 0.625. The van der Waals surface area contributed by atoms with Gasteiger partial charge in [0.05, 0.1) is 24.2 Å². The lowest BCUT2D eigenvalue weighted by Crippen LogP contribution is -1.97. The molecule has 2 aromatic heterocycles. The first-order valence-corrected chi connectivity index (χ1v) is 6.40. The van der Waals surface area contributed by atoms with E-state index < -0.39 is 0 Å². The Morgan fingerprint density at radius 1 is 1.10 bits per heavy atom. The number of aromatic amines is 2. The minimum absolute atomic E-state index is 0.433. The summed E-state index contributed by atoms with van der Waals surface area (Å²) in [5.41, 5.74) is 8.05. The van der Waals surface area contributed by atoms with Crippen molar-refractivity contribution in [2.75, 3.05) is 18.9 Å². The van der Waals surface area contributed by atoms with E-state index in [-0.39, 0.29) is 0 Å². The number of nitrogen functional groups attached to an aromatic ring is 1. The molecule has 20 heavy (non-hydrogen) atoms. The minimum atomic E-state index is 0.433. The molecule has 4 N–H and O–H groups in total. The van der Waals surface area contributed by atoms with Gasteiger partial charge in [0.1, 0.15) is 11.5 Å². The van der Waals surface area contributed by atoms with Crippen LogP contribution in [0.3, 0.4) is 0 Å². The molecule has 1 aromatic carbocycles. The first kappa shape index (κ1) is 11.2. The van der Waals surface area contributed by atoms with Crippen molar-refractivity contribution in [1.82, 2.24) is 20.2 Å². The summed E-state index contributed by atoms with van der Waals surface area (Å²) in [4.78, 5) is 7.74. The Balaban J connectivity index is 1.83. The summed E-state index contributed by atoms with van der Waals surface area (Å²) < 4.78 is 11.3. The van der Waals surface area contributed by atoms with E-state index in [0.717, 1.165) is 34.6 Å². The molecule has 0 bridgehead atoms. The highest BCUT2D eigenvalue weighted by atomic mass is 16.5. The van der Waals surface area contributed by atoms with Gasteiger partial charge in [-0.2, -0.15) is 5.10 Å². The molecular weight excluding hydrogens is 258 g/mol. The number of hydrogen-bond acceptors (Lipinski definition) is 5. The van der Waals surface area contributed by atoms with Gasteiger partial charge in [-0.05, 0) is 0 Å². The molecule has 7 nitrogen and oxygen atoms in total. The summed E-state index contributed by atoms with van der Waals surface area (Å²) >= 11 is 0. The minimum Gasteiger partial charge on any atom is -0.489 e. The van der Waals surface area contributed by atoms with Gasteiger partial charge in [-0.1, -0.05) is 0 Å². The highest BCUT2D eigenvalue weighted by Gasteiger charge is 2.15. The van der Waals surface area contributed by atoms with Crippen molar-refractivity contribution in [1.29, 1.82) is 0 Å². The number of imidazole rings is 1. The maximum Gasteiger partial charge on any atom is 0.163 e. The third kappa shape index (κ3) is 1.75. The standard InChI is InChI=1S/C13H13N5O2/c14-12-6-9(17-18-12)13-15-7-4-10-11(5-8(7)16-13)20-3-1-2-19-10/h4-6H,1-3H2,(H,15,16)(H3,14,17,18). The van der Waals surface area contributed by atoms with Gasteiger partial charge in [-0.3, -0.25) is 5.10 Å². The van der Waals surface area contributed by atoms with Crippen LogP contribution in [0.15, 0.2) is 18.2 Å². The molecule has 0 saturated heterocycles. The number of anilines is 1. The summed E-state index contributed by atoms with van der Waals surface area (Å²) in [5, 5.41) is 6.73. The molecule has 0 aliphatic carbocycles. The van der Waals surface area contributed by atoms with Crippen LogP contribution in [0.2, 0.25) is 0 Å². The van der Waals surface area contributed by atoms with E-state index in [1.54, 1.807) is 6.07 Å². The zero-order valence-electron chi connectivity index (χ0n) is 10.6. The molecule has 102 valence electrons. The van der Waals surface area contributed by atoms with Gasteiger partial charge in [-0.15, -0.1) is 0 Å². The number of H-pyrrole nitrogens is 2. The van der Waals surface area contributed by atoms with Crippen LogP contribution in [0, 0.1) is 0 Å². The predicted molar refractivity (Wildman–Crippen MR) is 73.7 cm³/mol. The van der Waals surface area contributed by atoms with Crippen molar-refractivity contribution >= 4 is 16.9 Å². The molecule has 0 saturated carbocycles. The maximum atomic E-state index is 5.66. The third-order valence-corrected chi connectivity index (χ3v) is 3.20. The second kappa shape index (κ2) is 4.16. The summed E-state index contributed by atoms with van der Waals surface area (Å²) in [6.45, 7) is 1.32. The van der Waals surface area contributed by atoms with E-state index >= 15 is 0 Å². The Hall–Kier alpha value is -2.70. The van der Waals surface area contributed by atoms with E-state index in [1.807, 2.05) is 12.1 Å². The number of fused-ring (bicyclic) bond motifs is 2. The van der Waals surface area contributed by atoms with Crippen molar-refractivity contribution in [2.24, 2.45) is 0 Å². The van der Waals surface area contributed by atoms with Crippen molar-refractivity contribution in [3.8, 4) is 23.0 Å². The average Bonchev–Trinajstić information content (AvgIpc) is 2.97. The van der Waals surface area contributed by atoms with Gasteiger partial charge in [0.15, 0.2) is 17.3 Å². The van der Waals surface area contributed by atoms with Crippen molar-refractivity contribution in [2.45, 2.75) is 6.42 Å². The molecular formula is C13H13N5O2. The number of hydrogen-bond donors (Lipinski definition) is 3. The average molecular weight is 271 g/mol. The fraction of sp³-hybridized carbons (Fsp3) is 0.231. The zero-order valence-corrected chi connectivity index (χ0v) is 10.6. The van der Waals surface area contributed by atoms with Gasteiger partial charge in [-0.25, -0.2) is 4.98 Å². The Labute approximate surface area is 114 Å². The van der Waals surface area contributed by atoms with Crippen LogP contribution in [0.1, 0.15) is 6.42 Å². The predicted octanol–water partition coefficient (Wildman–Crippen LogP) is 1.70. The lowest BCUT2D eigenvalue weighted by Gasteiger charge is -2.05. The molecule has 0 fully saturated rings. The van der Waals surface area contributed by atoms with Gasteiger partial charge in [0.2, 0.25) is 0 Å². The Bertz CT molecular complexity index is 733. The van der Waals surface area contributed by atoms with Crippen LogP contribution in [0.4, 0.5) is 5.82 Å². The SMILES string of the molecule is Nc1cc(-c2nc3cc4c(cc3[nH]2)OCCCO4)[nH]n1. The number of nitrogens with zero attached hydrogens (tertiary/aromatic N) is 2. The number of nitrogens with two attached hydrogens (primary N) is 1. The molecule has 0 atom stereocenters. The van der Waals surface area contributed by atoms with Gasteiger partial charge in [0.25, 0.3) is 0 Å². The maximum absolute atomic E-state index is 5.66. The molecule has 3 heterocycles. The first-order valence-electron chi connectivity index (χ1n) is 6.40. The Morgan fingerprint density at radius 2 is 1.90 bits per heavy atom. The van der Waals surface area contributed by atoms with Crippen molar-refractivity contribution < 1.29 is 9.47 Å². The molecule has 0 radical (unpaired) electrons. The van der Waals surface area contributed by atoms with Crippen LogP contribution in [-0.2, 0) is 0 Å². The molecule has 4 rings (SSSR count). The van der Waals surface area contributed by atoms with E-state index in [2.05, 4.69) is 20.2 Å². The molecule has 7 heteroatoms. The second-order valence-corrected chi connectivity index (χ2v) is 4.66. The summed E-state index contributed by atoms with van der Waals surface area (Å²) in [7, 11) is 0. The smallest absolute Gasteiger partial charge is 0.163 e. The van der Waals surface area contributed by atoms with E-state index in [0.29, 0.717) is 24.9 Å². The van der Waals surface area contributed by atoms with E-state index in [9.17, 15) is 0 Å². The van der Waals surface area contributed by atoms with Crippen molar-refractivity contribution in [3.05, 3.63) is 18.2 Å². The van der Waals surface area contributed by atoms with Crippen molar-refractivity contribution in [3.63, 3.8) is 0 Å². The molecule has 3 aromatic rings. The number of aromatic nitrogens is 4. The largest absolute Gasteiger partial charge is 0.489 e. The van der Waals surface area contributed by atoms with Crippen LogP contribution in [-0.4, -0.2) is 33.4 Å². The molecule has 0 amide bonds. The fourth-order valence-corrected chi connectivity index (χ4v) is 2.25. The first-order chi connectivity index (χ1) is 9.79. The highest BCUT2D eigenvalue weighted by molar-refractivity contribution is 5.82. The molecule has 1 aliphatic rings. The lowest BCUT2D eigenvalue weighted by molar-refractivity contribution is 0.297. The normalized spacial score (nSPS) is 14.4. The Morgan fingerprint density at radius 3 is 2.65 bits per heavy atom. The summed E-state index contributed by atoms with van der Waals surface area (Å²) in [6.07, 6.45) is 0.884.